The Balaban J connectivity index is 2.95. The van der Waals surface area contributed by atoms with E-state index < -0.39 is 17.6 Å². The van der Waals surface area contributed by atoms with Gasteiger partial charge < -0.3 is 5.11 Å². The van der Waals surface area contributed by atoms with E-state index in [4.69, 9.17) is 5.11 Å². The lowest BCUT2D eigenvalue weighted by Gasteiger charge is -2.09. The van der Waals surface area contributed by atoms with E-state index in [1.54, 1.807) is 0 Å². The third-order valence-electron chi connectivity index (χ3n) is 1.94. The summed E-state index contributed by atoms with van der Waals surface area (Å²) in [4.78, 5) is 0. The van der Waals surface area contributed by atoms with Crippen molar-refractivity contribution in [3.8, 4) is 0 Å². The van der Waals surface area contributed by atoms with Crippen LogP contribution in [-0.4, -0.2) is 11.7 Å². The third kappa shape index (κ3) is 1.32. The maximum atomic E-state index is 12.9. The van der Waals surface area contributed by atoms with Gasteiger partial charge in [-0.3, -0.25) is 0 Å². The highest BCUT2D eigenvalue weighted by Crippen LogP contribution is 2.36. The lowest BCUT2D eigenvalue weighted by molar-refractivity contribution is 0.331. The zero-order valence-corrected chi connectivity index (χ0v) is 6.77. The van der Waals surface area contributed by atoms with Crippen LogP contribution in [0.2, 0.25) is 0 Å². The lowest BCUT2D eigenvalue weighted by Crippen LogP contribution is -2.02. The molecule has 0 aliphatic heterocycles. The predicted molar refractivity (Wildman–Crippen MR) is 42.7 cm³/mol. The molecule has 1 aliphatic carbocycles. The molecule has 0 aromatic carbocycles. The SMILES string of the molecule is C=C(CO)C1=C(F)C=C(F)C1C. The first-order chi connectivity index (χ1) is 5.57. The van der Waals surface area contributed by atoms with Crippen LogP contribution in [0.5, 0.6) is 0 Å². The molecule has 66 valence electrons. The van der Waals surface area contributed by atoms with E-state index in [0.717, 1.165) is 6.08 Å². The summed E-state index contributed by atoms with van der Waals surface area (Å²) in [6.45, 7) is 4.64. The van der Waals surface area contributed by atoms with Gasteiger partial charge in [-0.1, -0.05) is 13.5 Å². The standard InChI is InChI=1S/C9H10F2O/c1-5(4-12)9-6(2)7(10)3-8(9)11/h3,6,12H,1,4H2,2H3. The first-order valence-electron chi connectivity index (χ1n) is 3.63. The van der Waals surface area contributed by atoms with Crippen LogP contribution in [-0.2, 0) is 0 Å². The van der Waals surface area contributed by atoms with Crippen molar-refractivity contribution in [2.45, 2.75) is 6.92 Å². The average molecular weight is 172 g/mol. The van der Waals surface area contributed by atoms with Gasteiger partial charge in [0.25, 0.3) is 0 Å². The van der Waals surface area contributed by atoms with Gasteiger partial charge in [0.15, 0.2) is 0 Å². The summed E-state index contributed by atoms with van der Waals surface area (Å²) in [6, 6.07) is 0. The second-order valence-electron chi connectivity index (χ2n) is 2.77. The van der Waals surface area contributed by atoms with Crippen LogP contribution in [0.1, 0.15) is 6.92 Å². The highest BCUT2D eigenvalue weighted by atomic mass is 19.1. The zero-order chi connectivity index (χ0) is 9.30. The van der Waals surface area contributed by atoms with Crippen molar-refractivity contribution in [2.75, 3.05) is 6.61 Å². The summed E-state index contributed by atoms with van der Waals surface area (Å²) < 4.78 is 25.7. The number of allylic oxidation sites excluding steroid dienone is 3. The summed E-state index contributed by atoms with van der Waals surface area (Å²) >= 11 is 0. The van der Waals surface area contributed by atoms with Crippen molar-refractivity contribution in [1.82, 2.24) is 0 Å². The highest BCUT2D eigenvalue weighted by Gasteiger charge is 2.26. The van der Waals surface area contributed by atoms with Crippen LogP contribution in [0.3, 0.4) is 0 Å². The predicted octanol–water partition coefficient (Wildman–Crippen LogP) is 2.26. The number of rotatable bonds is 2. The van der Waals surface area contributed by atoms with E-state index in [0.29, 0.717) is 0 Å². The molecule has 1 unspecified atom stereocenters. The van der Waals surface area contributed by atoms with Crippen molar-refractivity contribution < 1.29 is 13.9 Å². The van der Waals surface area contributed by atoms with Crippen molar-refractivity contribution in [1.29, 1.82) is 0 Å². The molecule has 0 aromatic heterocycles. The van der Waals surface area contributed by atoms with Gasteiger partial charge in [-0.2, -0.15) is 0 Å². The molecule has 0 saturated carbocycles. The molecule has 1 aliphatic rings. The van der Waals surface area contributed by atoms with Crippen LogP contribution in [0, 0.1) is 5.92 Å². The molecule has 0 aromatic rings. The molecule has 12 heavy (non-hydrogen) atoms. The Hall–Kier alpha value is -0.960. The summed E-state index contributed by atoms with van der Waals surface area (Å²) in [5.74, 6) is -1.75. The number of aliphatic hydroxyl groups is 1. The van der Waals surface area contributed by atoms with Crippen LogP contribution >= 0.6 is 0 Å². The van der Waals surface area contributed by atoms with Gasteiger partial charge >= 0.3 is 0 Å². The van der Waals surface area contributed by atoms with Gasteiger partial charge in [0, 0.05) is 17.6 Å². The third-order valence-corrected chi connectivity index (χ3v) is 1.94. The van der Waals surface area contributed by atoms with E-state index in [1.165, 1.54) is 6.92 Å². The molecule has 0 amide bonds. The number of hydrogen-bond donors (Lipinski definition) is 1. The Kier molecular flexibility index (Phi) is 2.43. The fourth-order valence-corrected chi connectivity index (χ4v) is 1.23. The number of hydrogen-bond acceptors (Lipinski definition) is 1. The molecule has 1 atom stereocenters. The van der Waals surface area contributed by atoms with Crippen molar-refractivity contribution in [2.24, 2.45) is 5.92 Å². The maximum Gasteiger partial charge on any atom is 0.130 e. The van der Waals surface area contributed by atoms with Gasteiger partial charge in [-0.25, -0.2) is 8.78 Å². The van der Waals surface area contributed by atoms with Gasteiger partial charge in [0.1, 0.15) is 11.7 Å². The molecule has 3 heteroatoms. The summed E-state index contributed by atoms with van der Waals surface area (Å²) in [5.41, 5.74) is 0.416. The first kappa shape index (κ1) is 9.13. The van der Waals surface area contributed by atoms with Crippen LogP contribution in [0.15, 0.2) is 35.5 Å². The van der Waals surface area contributed by atoms with Crippen molar-refractivity contribution >= 4 is 0 Å². The smallest absolute Gasteiger partial charge is 0.130 e. The number of halogens is 2. The van der Waals surface area contributed by atoms with Gasteiger partial charge in [-0.15, -0.1) is 0 Å². The van der Waals surface area contributed by atoms with E-state index in [9.17, 15) is 8.78 Å². The summed E-state index contributed by atoms with van der Waals surface area (Å²) in [6.07, 6.45) is 0.834. The van der Waals surface area contributed by atoms with Crippen molar-refractivity contribution in [3.63, 3.8) is 0 Å². The number of aliphatic hydroxyl groups excluding tert-OH is 1. The minimum absolute atomic E-state index is 0.176. The van der Waals surface area contributed by atoms with E-state index in [2.05, 4.69) is 6.58 Å². The Labute approximate surface area is 69.7 Å². The van der Waals surface area contributed by atoms with Crippen LogP contribution < -0.4 is 0 Å². The molecule has 0 radical (unpaired) electrons. The van der Waals surface area contributed by atoms with Gasteiger partial charge in [-0.05, 0) is 5.57 Å². The fraction of sp³-hybridized carbons (Fsp3) is 0.333. The fourth-order valence-electron chi connectivity index (χ4n) is 1.23. The summed E-state index contributed by atoms with van der Waals surface area (Å²) in [7, 11) is 0. The molecule has 1 nitrogen and oxygen atoms in total. The second-order valence-corrected chi connectivity index (χ2v) is 2.77. The molecule has 0 heterocycles. The summed E-state index contributed by atoms with van der Waals surface area (Å²) in [5, 5.41) is 8.67. The minimum Gasteiger partial charge on any atom is -0.392 e. The molecule has 0 spiro atoms. The van der Waals surface area contributed by atoms with Crippen LogP contribution in [0.4, 0.5) is 8.78 Å². The monoisotopic (exact) mass is 172 g/mol. The van der Waals surface area contributed by atoms with Gasteiger partial charge in [0.05, 0.1) is 6.61 Å². The Morgan fingerprint density at radius 3 is 2.58 bits per heavy atom. The Morgan fingerprint density at radius 1 is 1.67 bits per heavy atom. The molecule has 0 fully saturated rings. The van der Waals surface area contributed by atoms with E-state index >= 15 is 0 Å². The second kappa shape index (κ2) is 3.19. The molecular formula is C9H10F2O. The van der Waals surface area contributed by atoms with Crippen LogP contribution in [0.25, 0.3) is 0 Å². The largest absolute Gasteiger partial charge is 0.392 e. The van der Waals surface area contributed by atoms with E-state index in [-0.39, 0.29) is 17.8 Å². The van der Waals surface area contributed by atoms with E-state index in [1.807, 2.05) is 0 Å². The first-order valence-corrected chi connectivity index (χ1v) is 3.63. The molecule has 0 saturated heterocycles. The molecule has 1 rings (SSSR count). The Morgan fingerprint density at radius 2 is 2.25 bits per heavy atom. The quantitative estimate of drug-likeness (QED) is 0.677. The molecular weight excluding hydrogens is 162 g/mol. The molecule has 0 bridgehead atoms. The normalized spacial score (nSPS) is 23.0. The maximum absolute atomic E-state index is 12.9. The highest BCUT2D eigenvalue weighted by molar-refractivity contribution is 5.46. The molecule has 1 N–H and O–H groups in total. The lowest BCUT2D eigenvalue weighted by atomic mass is 9.98. The Bertz CT molecular complexity index is 276. The average Bonchev–Trinajstić information content (AvgIpc) is 2.26. The minimum atomic E-state index is -0.626. The zero-order valence-electron chi connectivity index (χ0n) is 6.77. The van der Waals surface area contributed by atoms with Gasteiger partial charge in [0.2, 0.25) is 0 Å². The van der Waals surface area contributed by atoms with Crippen molar-refractivity contribution in [3.05, 3.63) is 35.5 Å². The topological polar surface area (TPSA) is 20.2 Å².